The van der Waals surface area contributed by atoms with Crippen molar-refractivity contribution in [1.29, 1.82) is 0 Å². The number of alkyl halides is 3. The predicted octanol–water partition coefficient (Wildman–Crippen LogP) is 16.2. The minimum atomic E-state index is -4.59. The molecule has 14 aromatic rings. The quantitative estimate of drug-likeness (QED) is 0.169. The van der Waals surface area contributed by atoms with Crippen LogP contribution in [0, 0.1) is 0 Å². The molecule has 5 heterocycles. The number of hydrogen-bond acceptors (Lipinski definition) is 1. The highest BCUT2D eigenvalue weighted by Gasteiger charge is 2.32. The Hall–Kier alpha value is -8.88. The zero-order chi connectivity index (χ0) is 45.3. The third-order valence-electron chi connectivity index (χ3n) is 13.9. The zero-order valence-corrected chi connectivity index (χ0v) is 36.2. The summed E-state index contributed by atoms with van der Waals surface area (Å²) in [6.07, 6.45) is -1.04. The van der Waals surface area contributed by atoms with Crippen molar-refractivity contribution in [1.82, 2.24) is 23.3 Å². The molecule has 8 heteroatoms. The Morgan fingerprint density at radius 1 is 0.309 bits per heavy atom. The monoisotopic (exact) mass is 883 g/mol. The van der Waals surface area contributed by atoms with Gasteiger partial charge in [0, 0.05) is 71.8 Å². The summed E-state index contributed by atoms with van der Waals surface area (Å²) in [6.45, 7) is 0. The molecule has 14 rings (SSSR count). The molecular weight excluding hydrogens is 848 g/mol. The molecule has 0 saturated heterocycles. The molecule has 0 fully saturated rings. The number of aromatic nitrogens is 5. The molecule has 0 aliphatic rings. The van der Waals surface area contributed by atoms with E-state index in [1.807, 2.05) is 65.4 Å². The first-order valence-corrected chi connectivity index (χ1v) is 22.6. The lowest BCUT2D eigenvalue weighted by atomic mass is 10.00. The lowest BCUT2D eigenvalue weighted by Crippen LogP contribution is -2.08. The number of fused-ring (bicyclic) bond motifs is 12. The van der Waals surface area contributed by atoms with Gasteiger partial charge in [0.25, 0.3) is 0 Å². The van der Waals surface area contributed by atoms with Gasteiger partial charge in [-0.05, 0) is 91.0 Å². The summed E-state index contributed by atoms with van der Waals surface area (Å²) in [5, 5.41) is 8.63. The Bertz CT molecular complexity index is 4280. The lowest BCUT2D eigenvalue weighted by molar-refractivity contribution is -0.137. The van der Waals surface area contributed by atoms with E-state index in [1.54, 1.807) is 12.3 Å². The molecule has 5 nitrogen and oxygen atoms in total. The highest BCUT2D eigenvalue weighted by Crippen LogP contribution is 2.44. The number of rotatable bonds is 5. The summed E-state index contributed by atoms with van der Waals surface area (Å²) in [5.74, 6) is 0. The molecule has 0 aliphatic heterocycles. The van der Waals surface area contributed by atoms with Gasteiger partial charge in [-0.15, -0.1) is 0 Å². The van der Waals surface area contributed by atoms with E-state index < -0.39 is 11.7 Å². The van der Waals surface area contributed by atoms with Crippen LogP contribution in [-0.4, -0.2) is 23.3 Å². The van der Waals surface area contributed by atoms with Crippen molar-refractivity contribution < 1.29 is 13.2 Å². The maximum Gasteiger partial charge on any atom is 0.416 e. The number of halogens is 3. The van der Waals surface area contributed by atoms with Gasteiger partial charge in [0.2, 0.25) is 0 Å². The van der Waals surface area contributed by atoms with Crippen molar-refractivity contribution in [3.8, 4) is 33.9 Å². The van der Waals surface area contributed by atoms with Crippen LogP contribution >= 0.6 is 0 Å². The van der Waals surface area contributed by atoms with Gasteiger partial charge in [-0.3, -0.25) is 4.98 Å². The fourth-order valence-corrected chi connectivity index (χ4v) is 11.0. The summed E-state index contributed by atoms with van der Waals surface area (Å²) in [5.41, 5.74) is 11.7. The standard InChI is InChI=1S/C60H36F3N5/c61-60(62,63)37-25-28-46(58(33-37)67-54-23-11-5-17-44(54)48-34-38(26-29-56(48)67)65-50-19-7-1-13-40(50)41-14-2-8-20-51(41)65)47-31-32-64-36-59(47)68-55-24-12-6-18-45(55)49-35-39(27-30-57(49)68)66-52-21-9-3-15-42(52)43-16-4-10-22-53(43)66/h1-36H. The van der Waals surface area contributed by atoms with E-state index in [0.29, 0.717) is 11.3 Å². The van der Waals surface area contributed by atoms with Crippen LogP contribution in [0.3, 0.4) is 0 Å². The second-order valence-electron chi connectivity index (χ2n) is 17.5. The molecule has 0 unspecified atom stereocenters. The van der Waals surface area contributed by atoms with Crippen LogP contribution in [0.25, 0.3) is 121 Å². The predicted molar refractivity (Wildman–Crippen MR) is 272 cm³/mol. The van der Waals surface area contributed by atoms with Crippen molar-refractivity contribution >= 4 is 87.2 Å². The van der Waals surface area contributed by atoms with Crippen molar-refractivity contribution in [3.05, 3.63) is 224 Å². The summed E-state index contributed by atoms with van der Waals surface area (Å²) in [7, 11) is 0. The van der Waals surface area contributed by atoms with Gasteiger partial charge in [-0.2, -0.15) is 13.2 Å². The SMILES string of the molecule is FC(F)(F)c1ccc(-c2ccncc2-n2c3ccccc3c3cc(-n4c5ccccc5c5ccccc54)ccc32)c(-n2c3ccccc3c3cc(-n4c5ccccc5c5ccccc54)ccc32)c1. The number of nitrogens with zero attached hydrogens (tertiary/aromatic N) is 5. The highest BCUT2D eigenvalue weighted by molar-refractivity contribution is 6.14. The van der Waals surface area contributed by atoms with Gasteiger partial charge in [-0.1, -0.05) is 115 Å². The minimum absolute atomic E-state index is 0.414. The van der Waals surface area contributed by atoms with Gasteiger partial charge in [0.05, 0.1) is 67.3 Å². The smallest absolute Gasteiger partial charge is 0.309 e. The maximum atomic E-state index is 15.0. The van der Waals surface area contributed by atoms with Crippen molar-refractivity contribution in [3.63, 3.8) is 0 Å². The first kappa shape index (κ1) is 38.4. The molecule has 322 valence electrons. The van der Waals surface area contributed by atoms with Gasteiger partial charge >= 0.3 is 6.18 Å². The second-order valence-corrected chi connectivity index (χ2v) is 17.5. The summed E-state index contributed by atoms with van der Waals surface area (Å²) >= 11 is 0. The Balaban J connectivity index is 1.00. The van der Waals surface area contributed by atoms with Crippen LogP contribution in [0.1, 0.15) is 5.56 Å². The van der Waals surface area contributed by atoms with E-state index in [1.165, 1.54) is 22.9 Å². The molecule has 68 heavy (non-hydrogen) atoms. The Morgan fingerprint density at radius 3 is 1.09 bits per heavy atom. The van der Waals surface area contributed by atoms with E-state index in [2.05, 4.69) is 152 Å². The molecule has 0 spiro atoms. The van der Waals surface area contributed by atoms with E-state index in [4.69, 9.17) is 0 Å². The van der Waals surface area contributed by atoms with Crippen LogP contribution in [0.4, 0.5) is 13.2 Å². The van der Waals surface area contributed by atoms with Crippen LogP contribution in [0.5, 0.6) is 0 Å². The zero-order valence-electron chi connectivity index (χ0n) is 36.2. The van der Waals surface area contributed by atoms with Gasteiger partial charge < -0.3 is 18.3 Å². The molecule has 0 amide bonds. The number of pyridine rings is 1. The van der Waals surface area contributed by atoms with E-state index in [-0.39, 0.29) is 0 Å². The summed E-state index contributed by atoms with van der Waals surface area (Å²) < 4.78 is 53.7. The van der Waals surface area contributed by atoms with Crippen LogP contribution in [0.2, 0.25) is 0 Å². The fraction of sp³-hybridized carbons (Fsp3) is 0.0167. The Labute approximate surface area is 386 Å². The molecule has 0 saturated carbocycles. The third kappa shape index (κ3) is 5.48. The Morgan fingerprint density at radius 2 is 0.662 bits per heavy atom. The maximum absolute atomic E-state index is 15.0. The molecule has 0 aliphatic carbocycles. The normalized spacial score (nSPS) is 12.3. The molecular formula is C60H36F3N5. The largest absolute Gasteiger partial charge is 0.416 e. The highest BCUT2D eigenvalue weighted by atomic mass is 19.4. The topological polar surface area (TPSA) is 32.6 Å². The minimum Gasteiger partial charge on any atom is -0.309 e. The van der Waals surface area contributed by atoms with Crippen molar-refractivity contribution in [2.24, 2.45) is 0 Å². The van der Waals surface area contributed by atoms with Crippen LogP contribution in [0.15, 0.2) is 219 Å². The molecule has 9 aromatic carbocycles. The van der Waals surface area contributed by atoms with Crippen LogP contribution in [-0.2, 0) is 6.18 Å². The number of para-hydroxylation sites is 6. The van der Waals surface area contributed by atoms with Crippen LogP contribution < -0.4 is 0 Å². The molecule has 0 atom stereocenters. The van der Waals surface area contributed by atoms with E-state index in [9.17, 15) is 13.2 Å². The third-order valence-corrected chi connectivity index (χ3v) is 13.9. The first-order valence-electron chi connectivity index (χ1n) is 22.6. The van der Waals surface area contributed by atoms with Gasteiger partial charge in [-0.25, -0.2) is 0 Å². The molecule has 0 N–H and O–H groups in total. The average Bonchev–Trinajstić information content (AvgIpc) is 4.11. The average molecular weight is 884 g/mol. The van der Waals surface area contributed by atoms with Crippen molar-refractivity contribution in [2.45, 2.75) is 6.18 Å². The molecule has 0 bridgehead atoms. The molecule has 5 aromatic heterocycles. The van der Waals surface area contributed by atoms with Gasteiger partial charge in [0.15, 0.2) is 0 Å². The number of benzene rings is 9. The van der Waals surface area contributed by atoms with Crippen molar-refractivity contribution in [2.75, 3.05) is 0 Å². The fourth-order valence-electron chi connectivity index (χ4n) is 11.0. The van der Waals surface area contributed by atoms with Gasteiger partial charge in [0.1, 0.15) is 0 Å². The first-order chi connectivity index (χ1) is 33.4. The Kier molecular flexibility index (Phi) is 8.08. The number of hydrogen-bond donors (Lipinski definition) is 0. The van der Waals surface area contributed by atoms with E-state index >= 15 is 0 Å². The lowest BCUT2D eigenvalue weighted by Gasteiger charge is -2.20. The summed E-state index contributed by atoms with van der Waals surface area (Å²) in [4.78, 5) is 4.68. The second kappa shape index (κ2) is 14.3. The summed E-state index contributed by atoms with van der Waals surface area (Å²) in [6, 6.07) is 68.9. The van der Waals surface area contributed by atoms with E-state index in [0.717, 1.165) is 99.1 Å². The molecule has 0 radical (unpaired) electrons.